The van der Waals surface area contributed by atoms with Crippen LogP contribution in [0.4, 0.5) is 5.69 Å². The normalized spacial score (nSPS) is 11.5. The highest BCUT2D eigenvalue weighted by atomic mass is 35.5. The number of hydrogen-bond donors (Lipinski definition) is 1. The average Bonchev–Trinajstić information content (AvgIpc) is 2.16. The number of halogens is 1. The fourth-order valence-corrected chi connectivity index (χ4v) is 1.25. The van der Waals surface area contributed by atoms with Crippen LogP contribution in [-0.4, -0.2) is 24.0 Å². The molecule has 0 aliphatic rings. The molecule has 5 heteroatoms. The van der Waals surface area contributed by atoms with E-state index < -0.39 is 6.04 Å². The standard InChI is InChI=1S/C10H15N3O.ClH/c1-7(11)10(14)13(3)9-5-4-6-12-8(9)2;/h4-7H,11H2,1-3H3;1H. The molecule has 1 unspecified atom stereocenters. The minimum atomic E-state index is -0.486. The van der Waals surface area contributed by atoms with Gasteiger partial charge < -0.3 is 10.6 Å². The fraction of sp³-hybridized carbons (Fsp3) is 0.400. The molecule has 1 rings (SSSR count). The summed E-state index contributed by atoms with van der Waals surface area (Å²) in [5, 5.41) is 0. The number of pyridine rings is 1. The zero-order valence-corrected chi connectivity index (χ0v) is 9.91. The highest BCUT2D eigenvalue weighted by molar-refractivity contribution is 5.96. The summed E-state index contributed by atoms with van der Waals surface area (Å²) in [5.74, 6) is -0.110. The van der Waals surface area contributed by atoms with Gasteiger partial charge in [-0.05, 0) is 26.0 Å². The molecule has 0 aromatic carbocycles. The van der Waals surface area contributed by atoms with Gasteiger partial charge in [-0.3, -0.25) is 9.78 Å². The van der Waals surface area contributed by atoms with E-state index in [2.05, 4.69) is 4.98 Å². The molecule has 0 aliphatic carbocycles. The smallest absolute Gasteiger partial charge is 0.243 e. The number of likely N-dealkylation sites (N-methyl/N-ethyl adjacent to an activating group) is 1. The highest BCUT2D eigenvalue weighted by Crippen LogP contribution is 2.15. The molecule has 0 saturated carbocycles. The molecule has 0 saturated heterocycles. The molecule has 0 radical (unpaired) electrons. The van der Waals surface area contributed by atoms with Gasteiger partial charge in [0.15, 0.2) is 0 Å². The van der Waals surface area contributed by atoms with Gasteiger partial charge in [-0.1, -0.05) is 0 Å². The van der Waals surface area contributed by atoms with E-state index in [1.165, 1.54) is 4.90 Å². The molecule has 0 bridgehead atoms. The monoisotopic (exact) mass is 229 g/mol. The van der Waals surface area contributed by atoms with E-state index in [-0.39, 0.29) is 18.3 Å². The summed E-state index contributed by atoms with van der Waals surface area (Å²) < 4.78 is 0. The van der Waals surface area contributed by atoms with Crippen LogP contribution in [0.25, 0.3) is 0 Å². The first-order valence-corrected chi connectivity index (χ1v) is 4.49. The number of aromatic nitrogens is 1. The number of carbonyl (C=O) groups excluding carboxylic acids is 1. The number of aryl methyl sites for hydroxylation is 1. The van der Waals surface area contributed by atoms with Crippen LogP contribution in [0.2, 0.25) is 0 Å². The van der Waals surface area contributed by atoms with Crippen molar-refractivity contribution in [3.05, 3.63) is 24.0 Å². The van der Waals surface area contributed by atoms with Gasteiger partial charge in [0.25, 0.3) is 0 Å². The van der Waals surface area contributed by atoms with E-state index in [0.29, 0.717) is 0 Å². The molecule has 0 aliphatic heterocycles. The minimum Gasteiger partial charge on any atom is -0.320 e. The largest absolute Gasteiger partial charge is 0.320 e. The summed E-state index contributed by atoms with van der Waals surface area (Å²) in [6.07, 6.45) is 1.70. The van der Waals surface area contributed by atoms with Crippen molar-refractivity contribution in [2.75, 3.05) is 11.9 Å². The van der Waals surface area contributed by atoms with Crippen molar-refractivity contribution in [3.8, 4) is 0 Å². The molecular weight excluding hydrogens is 214 g/mol. The Morgan fingerprint density at radius 2 is 2.20 bits per heavy atom. The lowest BCUT2D eigenvalue weighted by Crippen LogP contribution is -2.40. The van der Waals surface area contributed by atoms with Gasteiger partial charge in [0.2, 0.25) is 5.91 Å². The topological polar surface area (TPSA) is 59.2 Å². The van der Waals surface area contributed by atoms with Gasteiger partial charge in [-0.2, -0.15) is 0 Å². The van der Waals surface area contributed by atoms with Crippen LogP contribution < -0.4 is 10.6 Å². The number of anilines is 1. The Morgan fingerprint density at radius 3 is 2.67 bits per heavy atom. The van der Waals surface area contributed by atoms with E-state index in [1.54, 1.807) is 26.2 Å². The van der Waals surface area contributed by atoms with Crippen LogP contribution in [-0.2, 0) is 4.79 Å². The van der Waals surface area contributed by atoms with Crippen molar-refractivity contribution < 1.29 is 4.79 Å². The first-order valence-electron chi connectivity index (χ1n) is 4.49. The summed E-state index contributed by atoms with van der Waals surface area (Å²) in [6.45, 7) is 3.53. The Kier molecular flexibility index (Phi) is 5.25. The first-order chi connectivity index (χ1) is 6.54. The molecule has 1 aromatic rings. The average molecular weight is 230 g/mol. The Balaban J connectivity index is 0.00000196. The summed E-state index contributed by atoms with van der Waals surface area (Å²) in [4.78, 5) is 17.2. The van der Waals surface area contributed by atoms with Gasteiger partial charge in [0.1, 0.15) is 0 Å². The van der Waals surface area contributed by atoms with Gasteiger partial charge in [0.05, 0.1) is 17.4 Å². The Bertz CT molecular complexity index is 341. The number of amides is 1. The molecule has 2 N–H and O–H groups in total. The van der Waals surface area contributed by atoms with Crippen LogP contribution in [0.1, 0.15) is 12.6 Å². The van der Waals surface area contributed by atoms with Gasteiger partial charge in [-0.15, -0.1) is 12.4 Å². The molecule has 4 nitrogen and oxygen atoms in total. The number of hydrogen-bond acceptors (Lipinski definition) is 3. The molecule has 0 spiro atoms. The maximum Gasteiger partial charge on any atom is 0.243 e. The quantitative estimate of drug-likeness (QED) is 0.827. The molecule has 1 heterocycles. The predicted molar refractivity (Wildman–Crippen MR) is 63.3 cm³/mol. The number of nitrogens with two attached hydrogens (primary N) is 1. The minimum absolute atomic E-state index is 0. The maximum absolute atomic E-state index is 11.6. The van der Waals surface area contributed by atoms with Crippen molar-refractivity contribution in [2.45, 2.75) is 19.9 Å². The van der Waals surface area contributed by atoms with Crippen molar-refractivity contribution in [1.82, 2.24) is 4.98 Å². The van der Waals surface area contributed by atoms with Crippen LogP contribution in [0.15, 0.2) is 18.3 Å². The molecule has 0 fully saturated rings. The molecule has 1 atom stereocenters. The highest BCUT2D eigenvalue weighted by Gasteiger charge is 2.16. The van der Waals surface area contributed by atoms with E-state index in [9.17, 15) is 4.79 Å². The molecule has 1 aromatic heterocycles. The van der Waals surface area contributed by atoms with Crippen LogP contribution in [0.5, 0.6) is 0 Å². The van der Waals surface area contributed by atoms with Gasteiger partial charge >= 0.3 is 0 Å². The third-order valence-corrected chi connectivity index (χ3v) is 2.06. The Hall–Kier alpha value is -1.13. The van der Waals surface area contributed by atoms with E-state index in [1.807, 2.05) is 13.0 Å². The fourth-order valence-electron chi connectivity index (χ4n) is 1.25. The second kappa shape index (κ2) is 5.68. The van der Waals surface area contributed by atoms with E-state index >= 15 is 0 Å². The summed E-state index contributed by atoms with van der Waals surface area (Å²) in [5.41, 5.74) is 7.14. The van der Waals surface area contributed by atoms with Gasteiger partial charge in [0, 0.05) is 13.2 Å². The molecular formula is C10H16ClN3O. The molecule has 84 valence electrons. The molecule has 15 heavy (non-hydrogen) atoms. The van der Waals surface area contributed by atoms with E-state index in [4.69, 9.17) is 5.73 Å². The van der Waals surface area contributed by atoms with Crippen molar-refractivity contribution in [2.24, 2.45) is 5.73 Å². The van der Waals surface area contributed by atoms with Crippen molar-refractivity contribution >= 4 is 24.0 Å². The predicted octanol–water partition coefficient (Wildman–Crippen LogP) is 1.12. The Labute approximate surface area is 95.9 Å². The van der Waals surface area contributed by atoms with Crippen LogP contribution >= 0.6 is 12.4 Å². The summed E-state index contributed by atoms with van der Waals surface area (Å²) >= 11 is 0. The van der Waals surface area contributed by atoms with Crippen LogP contribution in [0.3, 0.4) is 0 Å². The maximum atomic E-state index is 11.6. The van der Waals surface area contributed by atoms with Crippen LogP contribution in [0, 0.1) is 6.92 Å². The van der Waals surface area contributed by atoms with E-state index in [0.717, 1.165) is 11.4 Å². The lowest BCUT2D eigenvalue weighted by Gasteiger charge is -2.20. The SMILES string of the molecule is Cc1ncccc1N(C)C(=O)C(C)N.Cl. The third-order valence-electron chi connectivity index (χ3n) is 2.06. The zero-order valence-electron chi connectivity index (χ0n) is 9.10. The van der Waals surface area contributed by atoms with Crippen molar-refractivity contribution in [1.29, 1.82) is 0 Å². The summed E-state index contributed by atoms with van der Waals surface area (Å²) in [6, 6.07) is 3.16. The third kappa shape index (κ3) is 3.18. The number of carbonyl (C=O) groups is 1. The van der Waals surface area contributed by atoms with Gasteiger partial charge in [-0.25, -0.2) is 0 Å². The molecule has 1 amide bonds. The lowest BCUT2D eigenvalue weighted by molar-refractivity contribution is -0.119. The first kappa shape index (κ1) is 13.9. The number of rotatable bonds is 2. The Morgan fingerprint density at radius 1 is 1.60 bits per heavy atom. The van der Waals surface area contributed by atoms with Crippen molar-refractivity contribution in [3.63, 3.8) is 0 Å². The summed E-state index contributed by atoms with van der Waals surface area (Å²) in [7, 11) is 1.70. The number of nitrogens with zero attached hydrogens (tertiary/aromatic N) is 2. The second-order valence-electron chi connectivity index (χ2n) is 3.29. The second-order valence-corrected chi connectivity index (χ2v) is 3.29. The lowest BCUT2D eigenvalue weighted by atomic mass is 10.2. The zero-order chi connectivity index (χ0) is 10.7.